The second-order valence-corrected chi connectivity index (χ2v) is 10.1. The molecule has 2 aliphatic rings. The fourth-order valence-electron chi connectivity index (χ4n) is 4.72. The first-order valence-electron chi connectivity index (χ1n) is 11.6. The van der Waals surface area contributed by atoms with Crippen LogP contribution in [0.1, 0.15) is 65.0 Å². The lowest BCUT2D eigenvalue weighted by Crippen LogP contribution is -2.49. The van der Waals surface area contributed by atoms with Gasteiger partial charge in [-0.1, -0.05) is 0 Å². The summed E-state index contributed by atoms with van der Waals surface area (Å²) in [6.07, 6.45) is 2.20. The number of rotatable bonds is 3. The van der Waals surface area contributed by atoms with Crippen molar-refractivity contribution in [2.45, 2.75) is 77.0 Å². The Morgan fingerprint density at radius 2 is 2.00 bits per heavy atom. The predicted octanol–water partition coefficient (Wildman–Crippen LogP) is 3.29. The second-order valence-electron chi connectivity index (χ2n) is 10.1. The van der Waals surface area contributed by atoms with Crippen LogP contribution in [0, 0.1) is 0 Å². The highest BCUT2D eigenvalue weighted by atomic mass is 16.6. The standard InChI is InChI=1S/C24H33N5O4/c1-14-12-16(10-11-29(14)23(32)33-24(2,3)4)25-15-6-7-17-19(13-15)28(5)27-21(17)18-8-9-20(30)26-22(18)31/h6-7,13-14,16,18,25H,8-12H2,1-5H3,(H,26,30,31)/t14-,16-,18?/m1/s1. The molecule has 3 atom stereocenters. The normalized spacial score (nSPS) is 24.0. The van der Waals surface area contributed by atoms with Crippen LogP contribution in [0.5, 0.6) is 0 Å². The van der Waals surface area contributed by atoms with Gasteiger partial charge in [-0.05, 0) is 65.2 Å². The molecule has 0 saturated carbocycles. The smallest absolute Gasteiger partial charge is 0.410 e. The highest BCUT2D eigenvalue weighted by Crippen LogP contribution is 2.32. The van der Waals surface area contributed by atoms with Gasteiger partial charge in [-0.25, -0.2) is 4.79 Å². The minimum absolute atomic E-state index is 0.0747. The number of carbonyl (C=O) groups is 3. The third-order valence-corrected chi connectivity index (χ3v) is 6.32. The summed E-state index contributed by atoms with van der Waals surface area (Å²) < 4.78 is 7.32. The zero-order valence-electron chi connectivity index (χ0n) is 20.0. The van der Waals surface area contributed by atoms with Gasteiger partial charge in [0.25, 0.3) is 0 Å². The number of aromatic nitrogens is 2. The molecule has 2 aromatic rings. The number of hydrogen-bond acceptors (Lipinski definition) is 6. The second kappa shape index (κ2) is 8.68. The highest BCUT2D eigenvalue weighted by molar-refractivity contribution is 6.02. The third kappa shape index (κ3) is 4.96. The maximum atomic E-state index is 12.5. The summed E-state index contributed by atoms with van der Waals surface area (Å²) in [7, 11) is 1.86. The summed E-state index contributed by atoms with van der Waals surface area (Å²) in [6, 6.07) is 6.35. The van der Waals surface area contributed by atoms with Gasteiger partial charge >= 0.3 is 6.09 Å². The number of hydrogen-bond donors (Lipinski definition) is 2. The van der Waals surface area contributed by atoms with Crippen LogP contribution in [0.15, 0.2) is 18.2 Å². The fourth-order valence-corrected chi connectivity index (χ4v) is 4.72. The summed E-state index contributed by atoms with van der Waals surface area (Å²) in [4.78, 5) is 38.1. The molecule has 33 heavy (non-hydrogen) atoms. The summed E-state index contributed by atoms with van der Waals surface area (Å²) >= 11 is 0. The van der Waals surface area contributed by atoms with E-state index < -0.39 is 11.5 Å². The van der Waals surface area contributed by atoms with Gasteiger partial charge in [0.2, 0.25) is 11.8 Å². The van der Waals surface area contributed by atoms with Crippen LogP contribution in [0.4, 0.5) is 10.5 Å². The Kier molecular flexibility index (Phi) is 6.07. The Balaban J connectivity index is 1.45. The first-order valence-corrected chi connectivity index (χ1v) is 11.6. The van der Waals surface area contributed by atoms with Gasteiger partial charge in [0.15, 0.2) is 0 Å². The van der Waals surface area contributed by atoms with E-state index in [4.69, 9.17) is 4.74 Å². The number of nitrogens with one attached hydrogen (secondary N) is 2. The van der Waals surface area contributed by atoms with Crippen molar-refractivity contribution in [3.8, 4) is 0 Å². The van der Waals surface area contributed by atoms with Crippen molar-refractivity contribution in [3.05, 3.63) is 23.9 Å². The van der Waals surface area contributed by atoms with E-state index in [0.29, 0.717) is 25.1 Å². The van der Waals surface area contributed by atoms with Gasteiger partial charge in [0, 0.05) is 43.2 Å². The van der Waals surface area contributed by atoms with Crippen molar-refractivity contribution < 1.29 is 19.1 Å². The minimum atomic E-state index is -0.503. The average molecular weight is 456 g/mol. The van der Waals surface area contributed by atoms with Gasteiger partial charge in [-0.3, -0.25) is 19.6 Å². The van der Waals surface area contributed by atoms with Gasteiger partial charge in [-0.2, -0.15) is 5.10 Å². The van der Waals surface area contributed by atoms with Crippen LogP contribution < -0.4 is 10.6 Å². The molecule has 1 unspecified atom stereocenters. The molecule has 9 heteroatoms. The zero-order valence-corrected chi connectivity index (χ0v) is 20.0. The molecule has 1 aromatic carbocycles. The van der Waals surface area contributed by atoms with Crippen molar-refractivity contribution in [1.82, 2.24) is 20.0 Å². The number of nitrogens with zero attached hydrogens (tertiary/aromatic N) is 3. The molecule has 1 aromatic heterocycles. The Morgan fingerprint density at radius 1 is 1.24 bits per heavy atom. The molecule has 0 bridgehead atoms. The maximum absolute atomic E-state index is 12.5. The van der Waals surface area contributed by atoms with Crippen molar-refractivity contribution >= 4 is 34.5 Å². The Labute approximate surface area is 193 Å². The molecule has 9 nitrogen and oxygen atoms in total. The van der Waals surface area contributed by atoms with Crippen LogP contribution in [0.2, 0.25) is 0 Å². The van der Waals surface area contributed by atoms with Crippen LogP contribution in [-0.2, 0) is 21.4 Å². The van der Waals surface area contributed by atoms with Gasteiger partial charge in [0.05, 0.1) is 17.1 Å². The number of benzene rings is 1. The molecule has 2 N–H and O–H groups in total. The summed E-state index contributed by atoms with van der Waals surface area (Å²) in [5.74, 6) is -0.919. The summed E-state index contributed by atoms with van der Waals surface area (Å²) in [5, 5.41) is 11.5. The lowest BCUT2D eigenvalue weighted by molar-refractivity contribution is -0.134. The van der Waals surface area contributed by atoms with Gasteiger partial charge in [-0.15, -0.1) is 0 Å². The van der Waals surface area contributed by atoms with Crippen LogP contribution in [-0.4, -0.2) is 56.8 Å². The predicted molar refractivity (Wildman–Crippen MR) is 125 cm³/mol. The Morgan fingerprint density at radius 3 is 2.67 bits per heavy atom. The molecule has 2 fully saturated rings. The monoisotopic (exact) mass is 455 g/mol. The molecule has 2 saturated heterocycles. The molecule has 178 valence electrons. The quantitative estimate of drug-likeness (QED) is 0.688. The molecule has 2 aliphatic heterocycles. The van der Waals surface area contributed by atoms with Crippen molar-refractivity contribution in [2.24, 2.45) is 7.05 Å². The van der Waals surface area contributed by atoms with Gasteiger partial charge in [0.1, 0.15) is 5.60 Å². The molecule has 3 amide bonds. The van der Waals surface area contributed by atoms with E-state index in [0.717, 1.165) is 29.4 Å². The number of piperidine rings is 2. The van der Waals surface area contributed by atoms with Crippen LogP contribution in [0.3, 0.4) is 0 Å². The summed E-state index contributed by atoms with van der Waals surface area (Å²) in [5.41, 5.74) is 2.11. The number of imide groups is 1. The molecule has 0 spiro atoms. The number of amides is 3. The van der Waals surface area contributed by atoms with Crippen molar-refractivity contribution in [1.29, 1.82) is 0 Å². The van der Waals surface area contributed by atoms with E-state index in [2.05, 4.69) is 15.7 Å². The molecular weight excluding hydrogens is 422 g/mol. The molecule has 0 radical (unpaired) electrons. The lowest BCUT2D eigenvalue weighted by Gasteiger charge is -2.38. The van der Waals surface area contributed by atoms with Crippen LogP contribution in [0.25, 0.3) is 10.9 Å². The topological polar surface area (TPSA) is 106 Å². The number of anilines is 1. The molecular formula is C24H33N5O4. The maximum Gasteiger partial charge on any atom is 0.410 e. The Hall–Kier alpha value is -3.10. The van der Waals surface area contributed by atoms with E-state index in [1.54, 1.807) is 9.58 Å². The third-order valence-electron chi connectivity index (χ3n) is 6.32. The molecule has 4 rings (SSSR count). The first kappa shape index (κ1) is 23.1. The van der Waals surface area contributed by atoms with Crippen molar-refractivity contribution in [2.75, 3.05) is 11.9 Å². The van der Waals surface area contributed by atoms with E-state index in [9.17, 15) is 14.4 Å². The van der Waals surface area contributed by atoms with E-state index in [1.807, 2.05) is 52.9 Å². The number of aryl methyl sites for hydroxylation is 1. The van der Waals surface area contributed by atoms with E-state index >= 15 is 0 Å². The minimum Gasteiger partial charge on any atom is -0.444 e. The van der Waals surface area contributed by atoms with Gasteiger partial charge < -0.3 is 15.0 Å². The molecule has 0 aliphatic carbocycles. The zero-order chi connectivity index (χ0) is 23.9. The first-order chi connectivity index (χ1) is 15.5. The Bertz CT molecular complexity index is 1090. The number of carbonyl (C=O) groups excluding carboxylic acids is 3. The number of ether oxygens (including phenoxy) is 1. The van der Waals surface area contributed by atoms with Crippen LogP contribution >= 0.6 is 0 Å². The largest absolute Gasteiger partial charge is 0.444 e. The van der Waals surface area contributed by atoms with E-state index in [-0.39, 0.29) is 30.0 Å². The number of fused-ring (bicyclic) bond motifs is 1. The summed E-state index contributed by atoms with van der Waals surface area (Å²) in [6.45, 7) is 8.33. The highest BCUT2D eigenvalue weighted by Gasteiger charge is 2.33. The average Bonchev–Trinajstić information content (AvgIpc) is 3.02. The number of likely N-dealkylation sites (tertiary alicyclic amines) is 1. The fraction of sp³-hybridized carbons (Fsp3) is 0.583. The SMILES string of the molecule is C[C@@H]1C[C@H](Nc2ccc3c(C4CCC(=O)NC4=O)nn(C)c3c2)CCN1C(=O)OC(C)(C)C. The van der Waals surface area contributed by atoms with E-state index in [1.165, 1.54) is 0 Å². The molecule has 3 heterocycles. The van der Waals surface area contributed by atoms with Crippen molar-refractivity contribution in [3.63, 3.8) is 0 Å². The lowest BCUT2D eigenvalue weighted by atomic mass is 9.92.